The van der Waals surface area contributed by atoms with Gasteiger partial charge in [0.25, 0.3) is 5.56 Å². The van der Waals surface area contributed by atoms with E-state index in [-0.39, 0.29) is 11.3 Å². The summed E-state index contributed by atoms with van der Waals surface area (Å²) in [5.41, 5.74) is 4.27. The summed E-state index contributed by atoms with van der Waals surface area (Å²) in [6, 6.07) is 16.9. The van der Waals surface area contributed by atoms with Gasteiger partial charge >= 0.3 is 0 Å². The molecule has 0 spiro atoms. The molecule has 0 atom stereocenters. The first-order valence-electron chi connectivity index (χ1n) is 9.51. The third-order valence-corrected chi connectivity index (χ3v) is 6.34. The Labute approximate surface area is 176 Å². The average molecular weight is 411 g/mol. The first-order valence-corrected chi connectivity index (χ1v) is 10.3. The molecule has 0 radical (unpaired) electrons. The highest BCUT2D eigenvalue weighted by atomic mass is 32.1. The fourth-order valence-electron chi connectivity index (χ4n) is 3.60. The zero-order chi connectivity index (χ0) is 20.8. The molecule has 0 bridgehead atoms. The Hall–Kier alpha value is -3.64. The van der Waals surface area contributed by atoms with E-state index in [0.29, 0.717) is 26.2 Å². The molecule has 146 valence electrons. The Balaban J connectivity index is 1.71. The predicted molar refractivity (Wildman–Crippen MR) is 120 cm³/mol. The molecule has 5 nitrogen and oxygen atoms in total. The molecule has 0 fully saturated rings. The van der Waals surface area contributed by atoms with Crippen LogP contribution in [0, 0.1) is 13.8 Å². The second kappa shape index (κ2) is 7.00. The van der Waals surface area contributed by atoms with Crippen molar-refractivity contribution in [3.63, 3.8) is 0 Å². The lowest BCUT2D eigenvalue weighted by molar-refractivity contribution is 0.103. The number of thiophene rings is 1. The summed E-state index contributed by atoms with van der Waals surface area (Å²) in [6.07, 6.45) is 3.15. The summed E-state index contributed by atoms with van der Waals surface area (Å²) in [5, 5.41) is 0.768. The molecule has 5 rings (SSSR count). The van der Waals surface area contributed by atoms with E-state index in [9.17, 15) is 9.59 Å². The highest BCUT2D eigenvalue weighted by Crippen LogP contribution is 2.33. The Morgan fingerprint density at radius 3 is 2.43 bits per heavy atom. The molecule has 3 aromatic heterocycles. The first-order chi connectivity index (χ1) is 14.5. The van der Waals surface area contributed by atoms with Crippen molar-refractivity contribution in [2.24, 2.45) is 0 Å². The molecule has 5 aromatic rings. The van der Waals surface area contributed by atoms with Crippen LogP contribution in [0.2, 0.25) is 0 Å². The van der Waals surface area contributed by atoms with Crippen LogP contribution >= 0.6 is 11.3 Å². The number of hydrogen-bond acceptors (Lipinski definition) is 5. The number of aryl methyl sites for hydroxylation is 2. The number of pyridine rings is 1. The van der Waals surface area contributed by atoms with E-state index < -0.39 is 0 Å². The molecule has 0 N–H and O–H groups in total. The van der Waals surface area contributed by atoms with E-state index in [1.54, 1.807) is 29.2 Å². The summed E-state index contributed by atoms with van der Waals surface area (Å²) < 4.78 is 2.08. The minimum absolute atomic E-state index is 0.0881. The molecular formula is C24H17N3O2S. The zero-order valence-electron chi connectivity index (χ0n) is 16.4. The van der Waals surface area contributed by atoms with Crippen LogP contribution < -0.4 is 5.56 Å². The lowest BCUT2D eigenvalue weighted by atomic mass is 9.99. The van der Waals surface area contributed by atoms with Gasteiger partial charge in [-0.3, -0.25) is 14.2 Å². The molecule has 0 saturated heterocycles. The molecule has 0 unspecified atom stereocenters. The minimum atomic E-state index is -0.137. The second-order valence-corrected chi connectivity index (χ2v) is 8.21. The normalized spacial score (nSPS) is 11.3. The van der Waals surface area contributed by atoms with Crippen molar-refractivity contribution in [2.75, 3.05) is 0 Å². The van der Waals surface area contributed by atoms with Gasteiger partial charge in [-0.25, -0.2) is 9.97 Å². The van der Waals surface area contributed by atoms with E-state index in [2.05, 4.69) is 9.97 Å². The van der Waals surface area contributed by atoms with Crippen LogP contribution in [0.1, 0.15) is 27.0 Å². The topological polar surface area (TPSA) is 64.8 Å². The van der Waals surface area contributed by atoms with Crippen LogP contribution in [0.4, 0.5) is 0 Å². The average Bonchev–Trinajstić information content (AvgIpc) is 3.16. The number of ketones is 1. The van der Waals surface area contributed by atoms with Crippen LogP contribution in [-0.4, -0.2) is 20.3 Å². The lowest BCUT2D eigenvalue weighted by Crippen LogP contribution is -2.17. The second-order valence-electron chi connectivity index (χ2n) is 7.21. The van der Waals surface area contributed by atoms with Crippen molar-refractivity contribution in [3.05, 3.63) is 99.7 Å². The molecule has 0 aliphatic carbocycles. The van der Waals surface area contributed by atoms with Gasteiger partial charge in [-0.2, -0.15) is 0 Å². The highest BCUT2D eigenvalue weighted by Gasteiger charge is 2.20. The molecule has 30 heavy (non-hydrogen) atoms. The number of benzene rings is 2. The van der Waals surface area contributed by atoms with Gasteiger partial charge in [0, 0.05) is 22.7 Å². The molecular weight excluding hydrogens is 394 g/mol. The maximum Gasteiger partial charge on any atom is 0.275 e. The van der Waals surface area contributed by atoms with E-state index in [0.717, 1.165) is 22.2 Å². The number of carbonyl (C=O) groups excluding carboxylic acids is 1. The molecule has 3 heterocycles. The summed E-state index contributed by atoms with van der Waals surface area (Å²) >= 11 is 1.31. The van der Waals surface area contributed by atoms with Crippen molar-refractivity contribution in [2.45, 2.75) is 13.8 Å². The third-order valence-electron chi connectivity index (χ3n) is 5.26. The van der Waals surface area contributed by atoms with Crippen molar-refractivity contribution >= 4 is 37.6 Å². The molecule has 2 aromatic carbocycles. The fraction of sp³-hybridized carbons (Fsp3) is 0.0833. The maximum absolute atomic E-state index is 13.2. The Bertz CT molecular complexity index is 1480. The molecule has 0 saturated carbocycles. The smallest absolute Gasteiger partial charge is 0.275 e. The number of aromatic nitrogens is 3. The number of carbonyl (C=O) groups is 1. The molecule has 0 aliphatic heterocycles. The van der Waals surface area contributed by atoms with Gasteiger partial charge in [0.15, 0.2) is 5.78 Å². The highest BCUT2D eigenvalue weighted by molar-refractivity contribution is 7.25. The number of rotatable bonds is 3. The quantitative estimate of drug-likeness (QED) is 0.398. The van der Waals surface area contributed by atoms with Gasteiger partial charge in [0.2, 0.25) is 0 Å². The van der Waals surface area contributed by atoms with Gasteiger partial charge in [0.05, 0.1) is 11.2 Å². The number of nitrogens with zero attached hydrogens (tertiary/aromatic N) is 3. The molecule has 6 heteroatoms. The van der Waals surface area contributed by atoms with Gasteiger partial charge in [0.1, 0.15) is 15.9 Å². The van der Waals surface area contributed by atoms with Crippen LogP contribution in [0.15, 0.2) is 71.9 Å². The Kier molecular flexibility index (Phi) is 4.29. The van der Waals surface area contributed by atoms with Gasteiger partial charge < -0.3 is 0 Å². The monoisotopic (exact) mass is 411 g/mol. The zero-order valence-corrected chi connectivity index (χ0v) is 17.2. The fourth-order valence-corrected chi connectivity index (χ4v) is 4.69. The Morgan fingerprint density at radius 2 is 1.70 bits per heavy atom. The standard InChI is InChI=1S/C24H17N3O2S/c1-14-8-10-17(11-9-14)27-13-26-20-19-15(2)18(21(28)16-6-4-3-5-7-16)12-25-23(19)30-22(20)24(27)29/h3-13H,1-2H3. The van der Waals surface area contributed by atoms with Crippen molar-refractivity contribution in [1.82, 2.24) is 14.5 Å². The van der Waals surface area contributed by atoms with Crippen LogP contribution in [-0.2, 0) is 0 Å². The Morgan fingerprint density at radius 1 is 0.967 bits per heavy atom. The van der Waals surface area contributed by atoms with Crippen molar-refractivity contribution in [1.29, 1.82) is 0 Å². The van der Waals surface area contributed by atoms with Crippen molar-refractivity contribution < 1.29 is 4.79 Å². The van der Waals surface area contributed by atoms with Gasteiger partial charge in [-0.1, -0.05) is 48.0 Å². The third kappa shape index (κ3) is 2.84. The summed E-state index contributed by atoms with van der Waals surface area (Å²) in [6.45, 7) is 3.89. The maximum atomic E-state index is 13.2. The van der Waals surface area contributed by atoms with E-state index in [1.165, 1.54) is 11.3 Å². The van der Waals surface area contributed by atoms with Crippen LogP contribution in [0.25, 0.3) is 26.1 Å². The van der Waals surface area contributed by atoms with E-state index in [4.69, 9.17) is 0 Å². The SMILES string of the molecule is Cc1ccc(-n2cnc3c(sc4ncc(C(=O)c5ccccc5)c(C)c43)c2=O)cc1. The van der Waals surface area contributed by atoms with E-state index >= 15 is 0 Å². The minimum Gasteiger partial charge on any atom is -0.289 e. The molecule has 0 amide bonds. The van der Waals surface area contributed by atoms with Crippen molar-refractivity contribution in [3.8, 4) is 5.69 Å². The summed E-state index contributed by atoms with van der Waals surface area (Å²) in [5.74, 6) is -0.0881. The van der Waals surface area contributed by atoms with E-state index in [1.807, 2.05) is 56.3 Å². The number of hydrogen-bond donors (Lipinski definition) is 0. The van der Waals surface area contributed by atoms with Crippen LogP contribution in [0.5, 0.6) is 0 Å². The predicted octanol–water partition coefficient (Wildman–Crippen LogP) is 4.84. The largest absolute Gasteiger partial charge is 0.289 e. The van der Waals surface area contributed by atoms with Crippen LogP contribution in [0.3, 0.4) is 0 Å². The number of fused-ring (bicyclic) bond motifs is 3. The molecule has 0 aliphatic rings. The van der Waals surface area contributed by atoms with Gasteiger partial charge in [-0.05, 0) is 31.5 Å². The first kappa shape index (κ1) is 18.4. The summed E-state index contributed by atoms with van der Waals surface area (Å²) in [7, 11) is 0. The van der Waals surface area contributed by atoms with Gasteiger partial charge in [-0.15, -0.1) is 11.3 Å². The lowest BCUT2D eigenvalue weighted by Gasteiger charge is -2.07. The summed E-state index contributed by atoms with van der Waals surface area (Å²) in [4.78, 5) is 35.9.